The van der Waals surface area contributed by atoms with Gasteiger partial charge in [0.2, 0.25) is 5.91 Å². The molecule has 0 aromatic heterocycles. The fraction of sp³-hybridized carbons (Fsp3) is 0.316. The molecule has 2 aromatic carbocycles. The number of hydrogen-bond donors (Lipinski definition) is 2. The van der Waals surface area contributed by atoms with Crippen molar-refractivity contribution in [3.8, 4) is 0 Å². The lowest BCUT2D eigenvalue weighted by molar-refractivity contribution is -0.146. The normalized spacial score (nSPS) is 10.6. The summed E-state index contributed by atoms with van der Waals surface area (Å²) in [4.78, 5) is 35.7. The number of amides is 2. The van der Waals surface area contributed by atoms with E-state index in [0.29, 0.717) is 0 Å². The molecule has 26 heavy (non-hydrogen) atoms. The Bertz CT molecular complexity index is 792. The fourth-order valence-corrected chi connectivity index (χ4v) is 2.93. The van der Waals surface area contributed by atoms with Crippen LogP contribution in [0.4, 0.5) is 0 Å². The van der Waals surface area contributed by atoms with Crippen LogP contribution in [0.1, 0.15) is 13.8 Å². The predicted octanol–water partition coefficient (Wildman–Crippen LogP) is 2.12. The Balaban J connectivity index is 1.69. The zero-order valence-corrected chi connectivity index (χ0v) is 15.6. The van der Waals surface area contributed by atoms with Gasteiger partial charge in [0.05, 0.1) is 12.3 Å². The molecule has 2 N–H and O–H groups in total. The van der Waals surface area contributed by atoms with E-state index < -0.39 is 18.5 Å². The molecule has 0 aliphatic rings. The van der Waals surface area contributed by atoms with Crippen molar-refractivity contribution in [2.75, 3.05) is 18.9 Å². The predicted molar refractivity (Wildman–Crippen MR) is 102 cm³/mol. The van der Waals surface area contributed by atoms with Gasteiger partial charge in [-0.1, -0.05) is 30.3 Å². The lowest BCUT2D eigenvalue weighted by atomic mass is 10.1. The quantitative estimate of drug-likeness (QED) is 0.546. The Morgan fingerprint density at radius 3 is 2.50 bits per heavy atom. The number of ether oxygens (including phenoxy) is 1. The molecule has 2 rings (SSSR count). The Morgan fingerprint density at radius 2 is 1.77 bits per heavy atom. The second-order valence-electron chi connectivity index (χ2n) is 5.96. The highest BCUT2D eigenvalue weighted by atomic mass is 32.2. The highest BCUT2D eigenvalue weighted by Gasteiger charge is 2.10. The molecule has 0 saturated heterocycles. The van der Waals surface area contributed by atoms with Crippen molar-refractivity contribution in [1.82, 2.24) is 10.6 Å². The highest BCUT2D eigenvalue weighted by molar-refractivity contribution is 8.00. The number of carbonyl (C=O) groups excluding carboxylic acids is 3. The summed E-state index contributed by atoms with van der Waals surface area (Å²) in [7, 11) is 0. The maximum atomic E-state index is 11.8. The molecule has 7 heteroatoms. The first-order valence-electron chi connectivity index (χ1n) is 8.27. The van der Waals surface area contributed by atoms with Crippen LogP contribution < -0.4 is 10.6 Å². The average molecular weight is 374 g/mol. The molecule has 2 aromatic rings. The van der Waals surface area contributed by atoms with Gasteiger partial charge >= 0.3 is 5.97 Å². The Hall–Kier alpha value is -2.54. The van der Waals surface area contributed by atoms with Gasteiger partial charge < -0.3 is 15.4 Å². The van der Waals surface area contributed by atoms with E-state index in [2.05, 4.69) is 10.6 Å². The van der Waals surface area contributed by atoms with Crippen LogP contribution in [0.15, 0.2) is 47.4 Å². The molecule has 0 bridgehead atoms. The number of carbonyl (C=O) groups is 3. The first-order chi connectivity index (χ1) is 12.4. The van der Waals surface area contributed by atoms with Crippen molar-refractivity contribution < 1.29 is 19.1 Å². The van der Waals surface area contributed by atoms with Gasteiger partial charge in [-0.05, 0) is 36.8 Å². The van der Waals surface area contributed by atoms with Crippen LogP contribution in [0.5, 0.6) is 0 Å². The van der Waals surface area contributed by atoms with Crippen LogP contribution in [0.25, 0.3) is 10.8 Å². The maximum Gasteiger partial charge on any atom is 0.316 e. The summed E-state index contributed by atoms with van der Waals surface area (Å²) in [6.07, 6.45) is 0. The molecule has 0 aliphatic heterocycles. The van der Waals surface area contributed by atoms with Crippen molar-refractivity contribution in [1.29, 1.82) is 0 Å². The molecule has 0 saturated carbocycles. The summed E-state index contributed by atoms with van der Waals surface area (Å²) in [6.45, 7) is 3.12. The third-order valence-corrected chi connectivity index (χ3v) is 4.30. The average Bonchev–Trinajstić information content (AvgIpc) is 2.62. The summed E-state index contributed by atoms with van der Waals surface area (Å²) in [6, 6.07) is 13.9. The fourth-order valence-electron chi connectivity index (χ4n) is 2.19. The zero-order chi connectivity index (χ0) is 18.9. The minimum absolute atomic E-state index is 0.00404. The molecule has 0 atom stereocenters. The Morgan fingerprint density at radius 1 is 1.04 bits per heavy atom. The number of thioether (sulfide) groups is 1. The van der Waals surface area contributed by atoms with E-state index in [1.807, 2.05) is 56.3 Å². The van der Waals surface area contributed by atoms with Crippen LogP contribution in [0.2, 0.25) is 0 Å². The lowest BCUT2D eigenvalue weighted by Gasteiger charge is -2.09. The molecular formula is C19H22N2O4S. The number of hydrogen-bond acceptors (Lipinski definition) is 5. The van der Waals surface area contributed by atoms with E-state index in [1.54, 1.807) is 0 Å². The monoisotopic (exact) mass is 374 g/mol. The Kier molecular flexibility index (Phi) is 7.47. The van der Waals surface area contributed by atoms with Crippen molar-refractivity contribution >= 4 is 40.3 Å². The molecule has 6 nitrogen and oxygen atoms in total. The summed E-state index contributed by atoms with van der Waals surface area (Å²) in [5.41, 5.74) is 0. The van der Waals surface area contributed by atoms with Gasteiger partial charge in [-0.15, -0.1) is 11.8 Å². The number of fused-ring (bicyclic) bond motifs is 1. The van der Waals surface area contributed by atoms with Crippen molar-refractivity contribution in [3.05, 3.63) is 42.5 Å². The second kappa shape index (κ2) is 9.82. The van der Waals surface area contributed by atoms with Gasteiger partial charge in [-0.2, -0.15) is 0 Å². The topological polar surface area (TPSA) is 84.5 Å². The van der Waals surface area contributed by atoms with E-state index in [1.165, 1.54) is 11.8 Å². The molecule has 0 radical (unpaired) electrons. The van der Waals surface area contributed by atoms with Crippen LogP contribution >= 0.6 is 11.8 Å². The van der Waals surface area contributed by atoms with Crippen molar-refractivity contribution in [2.45, 2.75) is 24.8 Å². The largest absolute Gasteiger partial charge is 0.455 e. The number of esters is 1. The summed E-state index contributed by atoms with van der Waals surface area (Å²) in [5, 5.41) is 7.29. The van der Waals surface area contributed by atoms with Gasteiger partial charge in [0, 0.05) is 10.9 Å². The molecule has 0 unspecified atom stereocenters. The smallest absolute Gasteiger partial charge is 0.316 e. The highest BCUT2D eigenvalue weighted by Crippen LogP contribution is 2.23. The SMILES string of the molecule is CC(C)NC(=O)CNC(=O)COC(=O)CSc1ccc2ccccc2c1. The number of rotatable bonds is 8. The summed E-state index contributed by atoms with van der Waals surface area (Å²) < 4.78 is 4.92. The summed E-state index contributed by atoms with van der Waals surface area (Å²) >= 11 is 1.35. The van der Waals surface area contributed by atoms with Crippen LogP contribution in [-0.2, 0) is 19.1 Å². The third-order valence-electron chi connectivity index (χ3n) is 3.34. The Labute approximate surface area is 156 Å². The van der Waals surface area contributed by atoms with E-state index in [9.17, 15) is 14.4 Å². The van der Waals surface area contributed by atoms with Gasteiger partial charge in [-0.3, -0.25) is 14.4 Å². The first kappa shape index (κ1) is 19.8. The van der Waals surface area contributed by atoms with Crippen LogP contribution in [0.3, 0.4) is 0 Å². The van der Waals surface area contributed by atoms with E-state index >= 15 is 0 Å². The molecule has 138 valence electrons. The molecular weight excluding hydrogens is 352 g/mol. The van der Waals surface area contributed by atoms with E-state index in [4.69, 9.17) is 4.74 Å². The lowest BCUT2D eigenvalue weighted by Crippen LogP contribution is -2.41. The van der Waals surface area contributed by atoms with Crippen molar-refractivity contribution in [3.63, 3.8) is 0 Å². The van der Waals surface area contributed by atoms with Crippen LogP contribution in [0, 0.1) is 0 Å². The molecule has 0 heterocycles. The van der Waals surface area contributed by atoms with Gasteiger partial charge in [0.15, 0.2) is 6.61 Å². The second-order valence-corrected chi connectivity index (χ2v) is 7.01. The van der Waals surface area contributed by atoms with Crippen LogP contribution in [-0.4, -0.2) is 42.7 Å². The standard InChI is InChI=1S/C19H22N2O4S/c1-13(2)21-17(22)10-20-18(23)11-25-19(24)12-26-16-8-7-14-5-3-4-6-15(14)9-16/h3-9,13H,10-12H2,1-2H3,(H,20,23)(H,21,22). The first-order valence-corrected chi connectivity index (χ1v) is 9.26. The van der Waals surface area contributed by atoms with E-state index in [0.717, 1.165) is 15.7 Å². The minimum atomic E-state index is -0.507. The van der Waals surface area contributed by atoms with Gasteiger partial charge in [-0.25, -0.2) is 0 Å². The zero-order valence-electron chi connectivity index (χ0n) is 14.8. The molecule has 0 spiro atoms. The minimum Gasteiger partial charge on any atom is -0.455 e. The van der Waals surface area contributed by atoms with Gasteiger partial charge in [0.1, 0.15) is 0 Å². The van der Waals surface area contributed by atoms with Gasteiger partial charge in [0.25, 0.3) is 5.91 Å². The third kappa shape index (κ3) is 6.76. The molecule has 2 amide bonds. The van der Waals surface area contributed by atoms with Crippen molar-refractivity contribution in [2.24, 2.45) is 0 Å². The summed E-state index contributed by atoms with van der Waals surface area (Å²) in [5.74, 6) is -1.16. The van der Waals surface area contributed by atoms with E-state index in [-0.39, 0.29) is 24.2 Å². The number of benzene rings is 2. The molecule has 0 fully saturated rings. The molecule has 0 aliphatic carbocycles. The maximum absolute atomic E-state index is 11.8. The number of nitrogens with one attached hydrogen (secondary N) is 2.